The topological polar surface area (TPSA) is 88.9 Å². The van der Waals surface area contributed by atoms with Gasteiger partial charge in [0.25, 0.3) is 5.91 Å². The molecule has 11 heteroatoms. The first kappa shape index (κ1) is 26.8. The van der Waals surface area contributed by atoms with E-state index < -0.39 is 23.6 Å². The first-order chi connectivity index (χ1) is 16.6. The average Bonchev–Trinajstić information content (AvgIpc) is 3.20. The van der Waals surface area contributed by atoms with Gasteiger partial charge in [0.1, 0.15) is 5.82 Å². The molecule has 1 atom stereocenters. The number of nitrogens with zero attached hydrogens (tertiary/aromatic N) is 3. The fourth-order valence-corrected chi connectivity index (χ4v) is 4.76. The van der Waals surface area contributed by atoms with Gasteiger partial charge in [-0.15, -0.1) is 10.2 Å². The van der Waals surface area contributed by atoms with Gasteiger partial charge in [0.15, 0.2) is 16.8 Å². The zero-order chi connectivity index (χ0) is 25.7. The maximum Gasteiger partial charge on any atom is 0.251 e. The van der Waals surface area contributed by atoms with E-state index in [1.165, 1.54) is 0 Å². The Bertz CT molecular complexity index is 1210. The van der Waals surface area contributed by atoms with Crippen molar-refractivity contribution in [2.24, 2.45) is 5.92 Å². The van der Waals surface area contributed by atoms with Crippen molar-refractivity contribution in [1.29, 1.82) is 0 Å². The number of hydrogen-bond acceptors (Lipinski definition) is 5. The zero-order valence-corrected chi connectivity index (χ0v) is 22.1. The van der Waals surface area contributed by atoms with Crippen LogP contribution in [0, 0.1) is 24.5 Å². The van der Waals surface area contributed by atoms with Gasteiger partial charge in [0.2, 0.25) is 5.91 Å². The molecule has 35 heavy (non-hydrogen) atoms. The van der Waals surface area contributed by atoms with Crippen LogP contribution in [0.3, 0.4) is 0 Å². The summed E-state index contributed by atoms with van der Waals surface area (Å²) in [6.07, 6.45) is 0. The van der Waals surface area contributed by atoms with Crippen LogP contribution in [0.2, 0.25) is 0 Å². The Hall–Kier alpha value is -2.79. The number of hydrogen-bond donors (Lipinski definition) is 2. The number of halogens is 3. The van der Waals surface area contributed by atoms with Crippen molar-refractivity contribution in [2.75, 3.05) is 11.1 Å². The first-order valence-corrected chi connectivity index (χ1v) is 12.8. The number of aryl methyl sites for hydroxylation is 1. The van der Waals surface area contributed by atoms with E-state index in [0.717, 1.165) is 23.4 Å². The molecule has 2 N–H and O–H groups in total. The molecule has 0 fully saturated rings. The smallest absolute Gasteiger partial charge is 0.251 e. The van der Waals surface area contributed by atoms with Gasteiger partial charge in [-0.25, -0.2) is 8.78 Å². The second-order valence-electron chi connectivity index (χ2n) is 8.23. The number of benzene rings is 2. The second kappa shape index (κ2) is 11.8. The average molecular weight is 566 g/mol. The third-order valence-corrected chi connectivity index (χ3v) is 6.77. The molecule has 0 aliphatic carbocycles. The summed E-state index contributed by atoms with van der Waals surface area (Å²) in [7, 11) is 0. The lowest BCUT2D eigenvalue weighted by Gasteiger charge is -2.22. The number of nitrogens with one attached hydrogen (secondary N) is 2. The normalized spacial score (nSPS) is 12.0. The molecule has 1 heterocycles. The van der Waals surface area contributed by atoms with Crippen LogP contribution in [0.15, 0.2) is 46.0 Å². The quantitative estimate of drug-likeness (QED) is 0.334. The van der Waals surface area contributed by atoms with E-state index >= 15 is 0 Å². The molecule has 0 saturated carbocycles. The maximum atomic E-state index is 14.0. The first-order valence-electron chi connectivity index (χ1n) is 11.0. The van der Waals surface area contributed by atoms with Crippen LogP contribution in [-0.2, 0) is 11.3 Å². The van der Waals surface area contributed by atoms with E-state index in [2.05, 4.69) is 36.8 Å². The molecule has 3 aromatic rings. The van der Waals surface area contributed by atoms with Crippen LogP contribution in [-0.4, -0.2) is 32.3 Å². The molecule has 0 spiro atoms. The van der Waals surface area contributed by atoms with Gasteiger partial charge < -0.3 is 15.2 Å². The third-order valence-electron chi connectivity index (χ3n) is 5.18. The van der Waals surface area contributed by atoms with E-state index in [4.69, 9.17) is 0 Å². The van der Waals surface area contributed by atoms with Gasteiger partial charge in [-0.3, -0.25) is 9.59 Å². The largest absolute Gasteiger partial charge is 0.342 e. The minimum atomic E-state index is -0.877. The molecule has 0 aliphatic rings. The van der Waals surface area contributed by atoms with Crippen molar-refractivity contribution in [1.82, 2.24) is 20.1 Å². The van der Waals surface area contributed by atoms with E-state index in [1.807, 2.05) is 50.5 Å². The highest BCUT2D eigenvalue weighted by Crippen LogP contribution is 2.28. The monoisotopic (exact) mass is 565 g/mol. The Kier molecular flexibility index (Phi) is 9.01. The molecule has 3 rings (SSSR count). The molecule has 7 nitrogen and oxygen atoms in total. The predicted molar refractivity (Wildman–Crippen MR) is 135 cm³/mol. The van der Waals surface area contributed by atoms with Crippen molar-refractivity contribution >= 4 is 45.2 Å². The van der Waals surface area contributed by atoms with Gasteiger partial charge >= 0.3 is 0 Å². The van der Waals surface area contributed by atoms with Crippen LogP contribution in [0.4, 0.5) is 14.5 Å². The summed E-state index contributed by atoms with van der Waals surface area (Å²) in [4.78, 5) is 25.3. The van der Waals surface area contributed by atoms with Crippen LogP contribution < -0.4 is 10.6 Å². The Balaban J connectivity index is 1.73. The van der Waals surface area contributed by atoms with Gasteiger partial charge in [-0.2, -0.15) is 0 Å². The Morgan fingerprint density at radius 2 is 1.91 bits per heavy atom. The molecular formula is C24H26BrF2N5O2S. The zero-order valence-electron chi connectivity index (χ0n) is 19.7. The van der Waals surface area contributed by atoms with Crippen LogP contribution in [0.25, 0.3) is 0 Å². The van der Waals surface area contributed by atoms with Crippen molar-refractivity contribution in [3.63, 3.8) is 0 Å². The summed E-state index contributed by atoms with van der Waals surface area (Å²) in [6, 6.07) is 8.70. The molecule has 0 radical (unpaired) electrons. The van der Waals surface area contributed by atoms with Crippen molar-refractivity contribution in [3.05, 3.63) is 69.5 Å². The van der Waals surface area contributed by atoms with E-state index in [0.29, 0.717) is 29.2 Å². The van der Waals surface area contributed by atoms with E-state index in [1.54, 1.807) is 6.07 Å². The maximum absolute atomic E-state index is 14.0. The molecule has 0 aliphatic heterocycles. The van der Waals surface area contributed by atoms with Crippen LogP contribution in [0.1, 0.15) is 48.6 Å². The molecular weight excluding hydrogens is 540 g/mol. The minimum absolute atomic E-state index is 0.0261. The molecule has 0 bridgehead atoms. The minimum Gasteiger partial charge on any atom is -0.342 e. The molecule has 0 saturated heterocycles. The fraction of sp³-hybridized carbons (Fsp3) is 0.333. The lowest BCUT2D eigenvalue weighted by atomic mass is 10.0. The molecule has 0 unspecified atom stereocenters. The Morgan fingerprint density at radius 1 is 1.17 bits per heavy atom. The number of thioether (sulfide) groups is 1. The fourth-order valence-electron chi connectivity index (χ4n) is 3.44. The van der Waals surface area contributed by atoms with E-state index in [-0.39, 0.29) is 27.7 Å². The van der Waals surface area contributed by atoms with Gasteiger partial charge in [0.05, 0.1) is 17.5 Å². The number of carbonyl (C=O) groups is 2. The number of rotatable bonds is 9. The Labute approximate surface area is 215 Å². The van der Waals surface area contributed by atoms with Gasteiger partial charge in [-0.05, 0) is 53.9 Å². The molecule has 2 amide bonds. The standard InChI is InChI=1S/C24H26BrF2N5O2S/c1-5-32-22(20(13(2)3)29-23(34)15-8-6-7-14(4)9-15)30-31-24(32)35-12-19(33)28-21-17(25)10-16(26)11-18(21)27/h6-11,13,20H,5,12H2,1-4H3,(H,28,33)(H,29,34)/t20-/m0/s1. The van der Waals surface area contributed by atoms with Crippen LogP contribution >= 0.6 is 27.7 Å². The summed E-state index contributed by atoms with van der Waals surface area (Å²) in [6.45, 7) is 8.32. The van der Waals surface area contributed by atoms with Crippen molar-refractivity contribution < 1.29 is 18.4 Å². The number of amides is 2. The summed E-state index contributed by atoms with van der Waals surface area (Å²) < 4.78 is 29.3. The van der Waals surface area contributed by atoms with Crippen molar-refractivity contribution in [2.45, 2.75) is 45.4 Å². The van der Waals surface area contributed by atoms with Crippen molar-refractivity contribution in [3.8, 4) is 0 Å². The van der Waals surface area contributed by atoms with Gasteiger partial charge in [-0.1, -0.05) is 43.3 Å². The third kappa shape index (κ3) is 6.66. The molecule has 1 aromatic heterocycles. The van der Waals surface area contributed by atoms with E-state index in [9.17, 15) is 18.4 Å². The number of anilines is 1. The Morgan fingerprint density at radius 3 is 2.54 bits per heavy atom. The van der Waals surface area contributed by atoms with Crippen LogP contribution in [0.5, 0.6) is 0 Å². The summed E-state index contributed by atoms with van der Waals surface area (Å²) >= 11 is 4.19. The molecule has 2 aromatic carbocycles. The number of aromatic nitrogens is 3. The highest BCUT2D eigenvalue weighted by Gasteiger charge is 2.26. The second-order valence-corrected chi connectivity index (χ2v) is 10.0. The summed E-state index contributed by atoms with van der Waals surface area (Å²) in [5, 5.41) is 14.5. The number of carbonyl (C=O) groups excluding carboxylic acids is 2. The highest BCUT2D eigenvalue weighted by molar-refractivity contribution is 9.10. The lowest BCUT2D eigenvalue weighted by molar-refractivity contribution is -0.113. The highest BCUT2D eigenvalue weighted by atomic mass is 79.9. The SMILES string of the molecule is CCn1c(SCC(=O)Nc2c(F)cc(F)cc2Br)nnc1[C@@H](NC(=O)c1cccc(C)c1)C(C)C. The van der Waals surface area contributed by atoms with Gasteiger partial charge in [0, 0.05) is 22.6 Å². The lowest BCUT2D eigenvalue weighted by Crippen LogP contribution is -2.33. The summed E-state index contributed by atoms with van der Waals surface area (Å²) in [5.41, 5.74) is 1.41. The molecule has 186 valence electrons. The predicted octanol–water partition coefficient (Wildman–Crippen LogP) is 5.51. The summed E-state index contributed by atoms with van der Waals surface area (Å²) in [5.74, 6) is -1.78.